The highest BCUT2D eigenvalue weighted by atomic mass is 31.2. The SMILES string of the molecule is COc1ccc(-c2ccccc2P(=O)(OC(C)C)OC(C)C)nc1. The lowest BCUT2D eigenvalue weighted by atomic mass is 10.1. The van der Waals surface area contributed by atoms with E-state index in [0.717, 1.165) is 5.56 Å². The molecule has 0 spiro atoms. The summed E-state index contributed by atoms with van der Waals surface area (Å²) >= 11 is 0. The topological polar surface area (TPSA) is 57.7 Å². The number of ether oxygens (including phenoxy) is 1. The molecule has 0 aliphatic carbocycles. The first-order chi connectivity index (χ1) is 11.4. The van der Waals surface area contributed by atoms with Crippen LogP contribution in [0.15, 0.2) is 42.6 Å². The molecule has 1 aromatic heterocycles. The zero-order chi connectivity index (χ0) is 17.7. The van der Waals surface area contributed by atoms with Gasteiger partial charge in [-0.2, -0.15) is 0 Å². The van der Waals surface area contributed by atoms with Gasteiger partial charge in [0.2, 0.25) is 0 Å². The van der Waals surface area contributed by atoms with Crippen LogP contribution in [-0.4, -0.2) is 24.3 Å². The molecule has 0 aliphatic rings. The molecule has 0 aliphatic heterocycles. The molecule has 24 heavy (non-hydrogen) atoms. The lowest BCUT2D eigenvalue weighted by molar-refractivity contribution is 0.150. The molecule has 5 nitrogen and oxygen atoms in total. The quantitative estimate of drug-likeness (QED) is 0.692. The first kappa shape index (κ1) is 18.7. The lowest BCUT2D eigenvalue weighted by Crippen LogP contribution is -2.18. The molecule has 6 heteroatoms. The van der Waals surface area contributed by atoms with Gasteiger partial charge in [0, 0.05) is 5.56 Å². The number of aromatic nitrogens is 1. The number of hydrogen-bond acceptors (Lipinski definition) is 5. The van der Waals surface area contributed by atoms with Crippen molar-refractivity contribution in [2.75, 3.05) is 7.11 Å². The summed E-state index contributed by atoms with van der Waals surface area (Å²) in [5.41, 5.74) is 1.41. The van der Waals surface area contributed by atoms with Gasteiger partial charge in [-0.3, -0.25) is 9.55 Å². The Labute approximate surface area is 143 Å². The third-order valence-electron chi connectivity index (χ3n) is 3.15. The third kappa shape index (κ3) is 4.44. The molecular formula is C18H24NO4P. The van der Waals surface area contributed by atoms with Crippen molar-refractivity contribution in [1.82, 2.24) is 4.98 Å². The largest absolute Gasteiger partial charge is 0.495 e. The maximum atomic E-state index is 13.5. The van der Waals surface area contributed by atoms with Crippen molar-refractivity contribution in [1.29, 1.82) is 0 Å². The number of methoxy groups -OCH3 is 1. The molecule has 1 aromatic carbocycles. The lowest BCUT2D eigenvalue weighted by Gasteiger charge is -2.24. The number of rotatable bonds is 7. The van der Waals surface area contributed by atoms with Crippen LogP contribution in [0.1, 0.15) is 27.7 Å². The number of pyridine rings is 1. The van der Waals surface area contributed by atoms with Gasteiger partial charge in [-0.15, -0.1) is 0 Å². The first-order valence-electron chi connectivity index (χ1n) is 7.92. The minimum atomic E-state index is -3.48. The van der Waals surface area contributed by atoms with Crippen LogP contribution < -0.4 is 10.0 Å². The monoisotopic (exact) mass is 349 g/mol. The molecule has 0 saturated carbocycles. The maximum absolute atomic E-state index is 13.5. The van der Waals surface area contributed by atoms with Crippen molar-refractivity contribution in [3.8, 4) is 17.0 Å². The predicted molar refractivity (Wildman–Crippen MR) is 95.9 cm³/mol. The summed E-state index contributed by atoms with van der Waals surface area (Å²) in [6.45, 7) is 7.35. The van der Waals surface area contributed by atoms with Gasteiger partial charge in [-0.1, -0.05) is 18.2 Å². The van der Waals surface area contributed by atoms with E-state index >= 15 is 0 Å². The van der Waals surface area contributed by atoms with E-state index in [4.69, 9.17) is 13.8 Å². The van der Waals surface area contributed by atoms with Crippen LogP contribution in [-0.2, 0) is 13.6 Å². The minimum absolute atomic E-state index is 0.230. The molecule has 130 valence electrons. The molecule has 0 fully saturated rings. The van der Waals surface area contributed by atoms with Gasteiger partial charge in [-0.05, 0) is 45.9 Å². The van der Waals surface area contributed by atoms with Gasteiger partial charge in [0.1, 0.15) is 5.75 Å². The Hall–Kier alpha value is -1.68. The molecule has 0 unspecified atom stereocenters. The van der Waals surface area contributed by atoms with E-state index < -0.39 is 7.60 Å². The minimum Gasteiger partial charge on any atom is -0.495 e. The van der Waals surface area contributed by atoms with Gasteiger partial charge < -0.3 is 13.8 Å². The van der Waals surface area contributed by atoms with Crippen molar-refractivity contribution < 1.29 is 18.3 Å². The Morgan fingerprint density at radius 2 is 1.58 bits per heavy atom. The second-order valence-electron chi connectivity index (χ2n) is 5.91. The van der Waals surface area contributed by atoms with Crippen molar-refractivity contribution in [2.24, 2.45) is 0 Å². The van der Waals surface area contributed by atoms with Crippen LogP contribution in [0.5, 0.6) is 5.75 Å². The molecule has 1 heterocycles. The summed E-state index contributed by atoms with van der Waals surface area (Å²) in [6.07, 6.45) is 1.17. The van der Waals surface area contributed by atoms with E-state index in [-0.39, 0.29) is 12.2 Å². The van der Waals surface area contributed by atoms with E-state index in [0.29, 0.717) is 16.7 Å². The maximum Gasteiger partial charge on any atom is 0.362 e. The number of hydrogen-bond donors (Lipinski definition) is 0. The van der Waals surface area contributed by atoms with Crippen LogP contribution in [0.2, 0.25) is 0 Å². The summed E-state index contributed by atoms with van der Waals surface area (Å²) in [4.78, 5) is 4.40. The molecule has 0 amide bonds. The molecule has 2 rings (SSSR count). The highest BCUT2D eigenvalue weighted by Crippen LogP contribution is 2.51. The van der Waals surface area contributed by atoms with Gasteiger partial charge in [0.05, 0.1) is 36.5 Å². The number of benzene rings is 1. The van der Waals surface area contributed by atoms with Gasteiger partial charge >= 0.3 is 7.60 Å². The summed E-state index contributed by atoms with van der Waals surface area (Å²) in [7, 11) is -1.89. The summed E-state index contributed by atoms with van der Waals surface area (Å²) in [5.74, 6) is 0.663. The van der Waals surface area contributed by atoms with E-state index in [1.807, 2.05) is 58.0 Å². The normalized spacial score (nSPS) is 12.0. The summed E-state index contributed by atoms with van der Waals surface area (Å²) in [5, 5.41) is 0.519. The Morgan fingerprint density at radius 3 is 2.08 bits per heavy atom. The zero-order valence-corrected chi connectivity index (χ0v) is 15.6. The fraction of sp³-hybridized carbons (Fsp3) is 0.389. The smallest absolute Gasteiger partial charge is 0.362 e. The van der Waals surface area contributed by atoms with E-state index in [1.54, 1.807) is 19.4 Å². The second kappa shape index (κ2) is 7.93. The van der Waals surface area contributed by atoms with E-state index in [9.17, 15) is 4.57 Å². The molecule has 0 atom stereocenters. The van der Waals surface area contributed by atoms with Crippen LogP contribution in [0.4, 0.5) is 0 Å². The third-order valence-corrected chi connectivity index (χ3v) is 5.52. The molecular weight excluding hydrogens is 325 g/mol. The molecule has 0 N–H and O–H groups in total. The Kier molecular flexibility index (Phi) is 6.16. The molecule has 0 saturated heterocycles. The molecule has 0 bridgehead atoms. The molecule has 2 aromatic rings. The van der Waals surface area contributed by atoms with Crippen LogP contribution in [0.3, 0.4) is 0 Å². The van der Waals surface area contributed by atoms with E-state index in [2.05, 4.69) is 4.98 Å². The Bertz CT molecular complexity index is 699. The number of nitrogens with zero attached hydrogens (tertiary/aromatic N) is 1. The average Bonchev–Trinajstić information content (AvgIpc) is 2.53. The predicted octanol–water partition coefficient (Wildman–Crippen LogP) is 4.43. The highest BCUT2D eigenvalue weighted by Gasteiger charge is 2.33. The zero-order valence-electron chi connectivity index (χ0n) is 14.7. The molecule has 0 radical (unpaired) electrons. The van der Waals surface area contributed by atoms with Crippen LogP contribution >= 0.6 is 7.60 Å². The van der Waals surface area contributed by atoms with Crippen molar-refractivity contribution in [3.63, 3.8) is 0 Å². The summed E-state index contributed by atoms with van der Waals surface area (Å²) in [6, 6.07) is 11.0. The standard InChI is InChI=1S/C18H24NO4P/c1-13(2)22-24(20,23-14(3)4)18-9-7-6-8-16(18)17-11-10-15(21-5)12-19-17/h6-14H,1-5H3. The average molecular weight is 349 g/mol. The first-order valence-corrected chi connectivity index (χ1v) is 9.47. The fourth-order valence-electron chi connectivity index (χ4n) is 2.28. The van der Waals surface area contributed by atoms with Gasteiger partial charge in [0.15, 0.2) is 0 Å². The van der Waals surface area contributed by atoms with Gasteiger partial charge in [-0.25, -0.2) is 0 Å². The van der Waals surface area contributed by atoms with Crippen molar-refractivity contribution in [2.45, 2.75) is 39.9 Å². The fourth-order valence-corrected chi connectivity index (χ4v) is 4.42. The summed E-state index contributed by atoms with van der Waals surface area (Å²) < 4.78 is 30.0. The second-order valence-corrected chi connectivity index (χ2v) is 7.80. The van der Waals surface area contributed by atoms with E-state index in [1.165, 1.54) is 0 Å². The van der Waals surface area contributed by atoms with Crippen LogP contribution in [0.25, 0.3) is 11.3 Å². The van der Waals surface area contributed by atoms with Crippen LogP contribution in [0, 0.1) is 0 Å². The van der Waals surface area contributed by atoms with Crippen molar-refractivity contribution in [3.05, 3.63) is 42.6 Å². The Morgan fingerprint density at radius 1 is 0.958 bits per heavy atom. The van der Waals surface area contributed by atoms with Gasteiger partial charge in [0.25, 0.3) is 0 Å². The van der Waals surface area contributed by atoms with Crippen molar-refractivity contribution >= 4 is 12.9 Å². The Balaban J connectivity index is 2.53. The highest BCUT2D eigenvalue weighted by molar-refractivity contribution is 7.62.